The second-order valence-electron chi connectivity index (χ2n) is 7.56. The first-order valence-corrected chi connectivity index (χ1v) is 8.88. The number of carboxylic acid groups (broad SMARTS) is 1. The number of hydrogen-bond acceptors (Lipinski definition) is 2. The summed E-state index contributed by atoms with van der Waals surface area (Å²) >= 11 is 0. The minimum atomic E-state index is -0.758. The van der Waals surface area contributed by atoms with Gasteiger partial charge in [-0.1, -0.05) is 17.7 Å². The van der Waals surface area contributed by atoms with E-state index in [-0.39, 0.29) is 12.0 Å². The van der Waals surface area contributed by atoms with Crippen LogP contribution in [0.25, 0.3) is 0 Å². The number of fused-ring (bicyclic) bond motifs is 1. The van der Waals surface area contributed by atoms with Gasteiger partial charge in [0.2, 0.25) is 0 Å². The van der Waals surface area contributed by atoms with Crippen LogP contribution in [0.5, 0.6) is 5.75 Å². The first-order chi connectivity index (χ1) is 11.2. The smallest absolute Gasteiger partial charge is 0.303 e. The number of carboxylic acids is 1. The van der Waals surface area contributed by atoms with E-state index in [1.807, 2.05) is 6.07 Å². The fourth-order valence-electron chi connectivity index (χ4n) is 3.46. The predicted octanol–water partition coefficient (Wildman–Crippen LogP) is 5.09. The van der Waals surface area contributed by atoms with E-state index in [0.29, 0.717) is 12.3 Å². The van der Waals surface area contributed by atoms with Gasteiger partial charge in [0, 0.05) is 12.3 Å². The first-order valence-electron chi connectivity index (χ1n) is 8.88. The van der Waals surface area contributed by atoms with Crippen LogP contribution in [0.3, 0.4) is 0 Å². The lowest BCUT2D eigenvalue weighted by molar-refractivity contribution is -0.136. The summed E-state index contributed by atoms with van der Waals surface area (Å²) in [5, 5.41) is 8.89. The van der Waals surface area contributed by atoms with Crippen molar-refractivity contribution in [2.24, 2.45) is 5.92 Å². The average Bonchev–Trinajstić information content (AvgIpc) is 2.50. The van der Waals surface area contributed by atoms with E-state index >= 15 is 0 Å². The zero-order valence-corrected chi connectivity index (χ0v) is 15.6. The summed E-state index contributed by atoms with van der Waals surface area (Å²) in [5.74, 6) is 0.675. The van der Waals surface area contributed by atoms with Crippen molar-refractivity contribution in [3.8, 4) is 5.75 Å². The highest BCUT2D eigenvalue weighted by atomic mass is 16.5. The number of rotatable bonds is 6. The average molecular weight is 330 g/mol. The van der Waals surface area contributed by atoms with Crippen LogP contribution in [-0.4, -0.2) is 16.7 Å². The third-order valence-electron chi connectivity index (χ3n) is 5.31. The monoisotopic (exact) mass is 330 g/mol. The van der Waals surface area contributed by atoms with Gasteiger partial charge < -0.3 is 9.84 Å². The van der Waals surface area contributed by atoms with Gasteiger partial charge in [0.15, 0.2) is 0 Å². The van der Waals surface area contributed by atoms with E-state index in [4.69, 9.17) is 9.84 Å². The summed E-state index contributed by atoms with van der Waals surface area (Å²) in [6, 6.07) is 4.16. The molecule has 1 aromatic rings. The predicted molar refractivity (Wildman–Crippen MR) is 97.7 cm³/mol. The van der Waals surface area contributed by atoms with Crippen molar-refractivity contribution in [1.29, 1.82) is 0 Å². The molecule has 0 spiro atoms. The molecule has 1 N–H and O–H groups in total. The third-order valence-corrected chi connectivity index (χ3v) is 5.31. The minimum Gasteiger partial charge on any atom is -0.487 e. The van der Waals surface area contributed by atoms with Crippen LogP contribution >= 0.6 is 0 Å². The number of carbonyl (C=O) groups is 1. The Hall–Kier alpha value is -1.77. The van der Waals surface area contributed by atoms with Crippen molar-refractivity contribution in [3.63, 3.8) is 0 Å². The van der Waals surface area contributed by atoms with Gasteiger partial charge in [-0.25, -0.2) is 0 Å². The molecular formula is C21H30O3. The van der Waals surface area contributed by atoms with Crippen LogP contribution in [0.1, 0.15) is 63.6 Å². The second kappa shape index (κ2) is 7.42. The van der Waals surface area contributed by atoms with Gasteiger partial charge in [0.25, 0.3) is 0 Å². The Balaban J connectivity index is 2.21. The van der Waals surface area contributed by atoms with Crippen molar-refractivity contribution < 1.29 is 14.6 Å². The first kappa shape index (κ1) is 18.6. The maximum Gasteiger partial charge on any atom is 0.303 e. The molecule has 24 heavy (non-hydrogen) atoms. The van der Waals surface area contributed by atoms with Crippen molar-refractivity contribution in [2.45, 2.75) is 72.3 Å². The quantitative estimate of drug-likeness (QED) is 0.739. The van der Waals surface area contributed by atoms with Gasteiger partial charge in [-0.15, -0.1) is 0 Å². The van der Waals surface area contributed by atoms with Gasteiger partial charge in [0.05, 0.1) is 0 Å². The van der Waals surface area contributed by atoms with Crippen LogP contribution in [0.15, 0.2) is 23.8 Å². The van der Waals surface area contributed by atoms with Gasteiger partial charge in [-0.05, 0) is 83.1 Å². The Morgan fingerprint density at radius 1 is 1.38 bits per heavy atom. The number of aliphatic carboxylic acids is 1. The molecule has 0 saturated carbocycles. The molecule has 1 heterocycles. The fraction of sp³-hybridized carbons (Fsp3) is 0.571. The lowest BCUT2D eigenvalue weighted by atomic mass is 9.78. The van der Waals surface area contributed by atoms with Crippen LogP contribution < -0.4 is 4.74 Å². The molecule has 3 heteroatoms. The topological polar surface area (TPSA) is 46.5 Å². The van der Waals surface area contributed by atoms with E-state index in [2.05, 4.69) is 46.8 Å². The maximum atomic E-state index is 10.8. The third kappa shape index (κ3) is 4.40. The molecule has 1 aromatic carbocycles. The Labute approximate surface area is 145 Å². The molecule has 0 aromatic heterocycles. The number of benzene rings is 1. The second-order valence-corrected chi connectivity index (χ2v) is 7.56. The normalized spacial score (nSPS) is 19.5. The highest BCUT2D eigenvalue weighted by molar-refractivity contribution is 5.67. The van der Waals surface area contributed by atoms with Crippen molar-refractivity contribution in [3.05, 3.63) is 40.5 Å². The number of aryl methyl sites for hydroxylation is 2. The Morgan fingerprint density at radius 2 is 2.08 bits per heavy atom. The molecule has 132 valence electrons. The molecule has 0 aliphatic carbocycles. The summed E-state index contributed by atoms with van der Waals surface area (Å²) in [6.07, 6.45) is 6.17. The molecular weight excluding hydrogens is 300 g/mol. The minimum absolute atomic E-state index is 0.160. The molecule has 0 radical (unpaired) electrons. The largest absolute Gasteiger partial charge is 0.487 e. The van der Waals surface area contributed by atoms with Crippen LogP contribution in [-0.2, 0) is 17.6 Å². The standard InChI is InChI=1S/C21H30O3/c1-6-14(2)7-9-17-13-18-15(3)11-16(8-10-20(22)23)12-19(18)24-21(17,4)5/h6,11-12,17H,7-10,13H2,1-5H3,(H,22,23)/b14-6-. The molecule has 0 saturated heterocycles. The number of allylic oxidation sites excluding steroid dienone is 2. The molecule has 1 aliphatic heterocycles. The SMILES string of the molecule is C/C=C(/C)CCC1Cc2c(C)cc(CCC(=O)O)cc2OC1(C)C. The summed E-state index contributed by atoms with van der Waals surface area (Å²) in [6.45, 7) is 10.7. The van der Waals surface area contributed by atoms with Gasteiger partial charge in [0.1, 0.15) is 11.4 Å². The molecule has 0 amide bonds. The van der Waals surface area contributed by atoms with Crippen LogP contribution in [0.2, 0.25) is 0 Å². The zero-order chi connectivity index (χ0) is 17.9. The van der Waals surface area contributed by atoms with Crippen molar-refractivity contribution in [2.75, 3.05) is 0 Å². The van der Waals surface area contributed by atoms with E-state index in [1.165, 1.54) is 16.7 Å². The Kier molecular flexibility index (Phi) is 5.74. The Morgan fingerprint density at radius 3 is 2.71 bits per heavy atom. The fourth-order valence-corrected chi connectivity index (χ4v) is 3.46. The van der Waals surface area contributed by atoms with Crippen LogP contribution in [0.4, 0.5) is 0 Å². The van der Waals surface area contributed by atoms with Gasteiger partial charge in [-0.2, -0.15) is 0 Å². The van der Waals surface area contributed by atoms with Gasteiger partial charge in [-0.3, -0.25) is 4.79 Å². The summed E-state index contributed by atoms with van der Waals surface area (Å²) in [7, 11) is 0. The van der Waals surface area contributed by atoms with E-state index in [1.54, 1.807) is 0 Å². The summed E-state index contributed by atoms with van der Waals surface area (Å²) in [5.41, 5.74) is 4.79. The summed E-state index contributed by atoms with van der Waals surface area (Å²) < 4.78 is 6.36. The summed E-state index contributed by atoms with van der Waals surface area (Å²) in [4.78, 5) is 10.8. The molecule has 1 atom stereocenters. The van der Waals surface area contributed by atoms with E-state index < -0.39 is 5.97 Å². The van der Waals surface area contributed by atoms with E-state index in [9.17, 15) is 4.79 Å². The number of ether oxygens (including phenoxy) is 1. The lowest BCUT2D eigenvalue weighted by Gasteiger charge is -2.41. The highest BCUT2D eigenvalue weighted by Crippen LogP contribution is 2.41. The Bertz CT molecular complexity index is 641. The molecule has 0 fully saturated rings. The van der Waals surface area contributed by atoms with Gasteiger partial charge >= 0.3 is 5.97 Å². The molecule has 3 nitrogen and oxygen atoms in total. The van der Waals surface area contributed by atoms with Crippen molar-refractivity contribution >= 4 is 5.97 Å². The molecule has 1 aliphatic rings. The molecule has 0 bridgehead atoms. The van der Waals surface area contributed by atoms with Crippen molar-refractivity contribution in [1.82, 2.24) is 0 Å². The highest BCUT2D eigenvalue weighted by Gasteiger charge is 2.37. The lowest BCUT2D eigenvalue weighted by Crippen LogP contribution is -2.42. The molecule has 1 unspecified atom stereocenters. The molecule has 2 rings (SSSR count). The maximum absolute atomic E-state index is 10.8. The zero-order valence-electron chi connectivity index (χ0n) is 15.6. The number of hydrogen-bond donors (Lipinski definition) is 1. The van der Waals surface area contributed by atoms with Crippen LogP contribution in [0, 0.1) is 12.8 Å². The van der Waals surface area contributed by atoms with E-state index in [0.717, 1.165) is 30.6 Å².